The first kappa shape index (κ1) is 23.1. The average Bonchev–Trinajstić information content (AvgIpc) is 2.72. The Kier molecular flexibility index (Phi) is 7.20. The van der Waals surface area contributed by atoms with Crippen molar-refractivity contribution in [1.29, 1.82) is 0 Å². The first-order valence-electron chi connectivity index (χ1n) is 10.3. The second-order valence-electron chi connectivity index (χ2n) is 8.12. The lowest BCUT2D eigenvalue weighted by molar-refractivity contribution is -0.137. The molecule has 2 aromatic carbocycles. The Hall–Kier alpha value is -2.61. The Bertz CT molecular complexity index is 922. The highest BCUT2D eigenvalue weighted by molar-refractivity contribution is 5.94. The molecule has 0 spiro atoms. The number of phenolic OH excluding ortho intramolecular Hbond substituents is 1. The van der Waals surface area contributed by atoms with Gasteiger partial charge in [0, 0.05) is 30.3 Å². The molecule has 1 amide bonds. The van der Waals surface area contributed by atoms with E-state index in [1.807, 2.05) is 25.1 Å². The van der Waals surface area contributed by atoms with Crippen LogP contribution in [0.5, 0.6) is 5.75 Å². The molecule has 1 fully saturated rings. The van der Waals surface area contributed by atoms with Crippen LogP contribution in [0, 0.1) is 18.7 Å². The van der Waals surface area contributed by atoms with Crippen molar-refractivity contribution >= 4 is 5.91 Å². The van der Waals surface area contributed by atoms with E-state index in [1.54, 1.807) is 0 Å². The van der Waals surface area contributed by atoms with Crippen LogP contribution in [-0.2, 0) is 12.7 Å². The summed E-state index contributed by atoms with van der Waals surface area (Å²) in [6.45, 7) is 2.76. The number of benzene rings is 2. The first-order chi connectivity index (χ1) is 14.6. The molecule has 3 rings (SSSR count). The number of amides is 1. The van der Waals surface area contributed by atoms with E-state index in [-0.39, 0.29) is 11.5 Å². The van der Waals surface area contributed by atoms with E-state index in [9.17, 15) is 27.5 Å². The Morgan fingerprint density at radius 3 is 2.52 bits per heavy atom. The molecule has 0 atom stereocenters. The largest absolute Gasteiger partial charge is 0.507 e. The Labute approximate surface area is 178 Å². The highest BCUT2D eigenvalue weighted by atomic mass is 19.4. The van der Waals surface area contributed by atoms with E-state index in [0.717, 1.165) is 42.9 Å². The minimum atomic E-state index is -4.71. The van der Waals surface area contributed by atoms with Gasteiger partial charge in [-0.1, -0.05) is 18.2 Å². The Morgan fingerprint density at radius 2 is 1.84 bits per heavy atom. The summed E-state index contributed by atoms with van der Waals surface area (Å²) in [5, 5.41) is 16.2. The summed E-state index contributed by atoms with van der Waals surface area (Å²) in [4.78, 5) is 12.2. The standard InChI is InChI=1S/C23H26F4N2O2/c1-14-3-2-4-16(21(14)30)13-28-20-7-5-15(6-8-20)12-29-22(31)17-9-18(23(25,26)27)11-19(24)10-17/h2-4,9-11,15,20,28,30H,5-8,12-13H2,1H3,(H,29,31). The molecule has 1 aliphatic carbocycles. The topological polar surface area (TPSA) is 61.4 Å². The molecular formula is C23H26F4N2O2. The fraction of sp³-hybridized carbons (Fsp3) is 0.435. The summed E-state index contributed by atoms with van der Waals surface area (Å²) in [6.07, 6.45) is -1.21. The monoisotopic (exact) mass is 438 g/mol. The van der Waals surface area contributed by atoms with E-state index in [2.05, 4.69) is 10.6 Å². The normalized spacial score (nSPS) is 19.3. The number of carbonyl (C=O) groups is 1. The van der Waals surface area contributed by atoms with Crippen LogP contribution < -0.4 is 10.6 Å². The molecular weight excluding hydrogens is 412 g/mol. The first-order valence-corrected chi connectivity index (χ1v) is 10.3. The van der Waals surface area contributed by atoms with Gasteiger partial charge in [-0.05, 0) is 62.3 Å². The van der Waals surface area contributed by atoms with E-state index < -0.39 is 23.5 Å². The quantitative estimate of drug-likeness (QED) is 0.560. The maximum absolute atomic E-state index is 13.5. The summed E-state index contributed by atoms with van der Waals surface area (Å²) in [5.41, 5.74) is 0.173. The zero-order valence-corrected chi connectivity index (χ0v) is 17.2. The smallest absolute Gasteiger partial charge is 0.416 e. The van der Waals surface area contributed by atoms with Gasteiger partial charge >= 0.3 is 6.18 Å². The lowest BCUT2D eigenvalue weighted by Crippen LogP contribution is -2.36. The number of phenols is 1. The van der Waals surface area contributed by atoms with Gasteiger partial charge in [-0.3, -0.25) is 4.79 Å². The zero-order valence-electron chi connectivity index (χ0n) is 17.2. The molecule has 31 heavy (non-hydrogen) atoms. The number of para-hydroxylation sites is 1. The molecule has 2 aromatic rings. The molecule has 0 radical (unpaired) electrons. The van der Waals surface area contributed by atoms with Gasteiger partial charge in [0.15, 0.2) is 0 Å². The minimum Gasteiger partial charge on any atom is -0.507 e. The molecule has 168 valence electrons. The number of alkyl halides is 3. The van der Waals surface area contributed by atoms with Gasteiger partial charge in [-0.2, -0.15) is 13.2 Å². The predicted octanol–water partition coefficient (Wildman–Crippen LogP) is 4.94. The van der Waals surface area contributed by atoms with Crippen LogP contribution in [0.3, 0.4) is 0 Å². The van der Waals surface area contributed by atoms with E-state index in [4.69, 9.17) is 0 Å². The third-order valence-corrected chi connectivity index (χ3v) is 5.79. The number of hydrogen-bond acceptors (Lipinski definition) is 3. The summed E-state index contributed by atoms with van der Waals surface area (Å²) in [5.74, 6) is -1.28. The highest BCUT2D eigenvalue weighted by Crippen LogP contribution is 2.30. The van der Waals surface area contributed by atoms with Crippen LogP contribution >= 0.6 is 0 Å². The van der Waals surface area contributed by atoms with E-state index in [0.29, 0.717) is 37.0 Å². The van der Waals surface area contributed by atoms with Crippen LogP contribution in [0.15, 0.2) is 36.4 Å². The zero-order chi connectivity index (χ0) is 22.6. The Balaban J connectivity index is 1.46. The van der Waals surface area contributed by atoms with Crippen LogP contribution in [0.4, 0.5) is 17.6 Å². The van der Waals surface area contributed by atoms with Crippen molar-refractivity contribution in [3.8, 4) is 5.75 Å². The molecule has 0 aromatic heterocycles. The summed E-state index contributed by atoms with van der Waals surface area (Å²) < 4.78 is 52.0. The maximum atomic E-state index is 13.5. The van der Waals surface area contributed by atoms with Gasteiger partial charge in [0.25, 0.3) is 5.91 Å². The molecule has 0 aliphatic heterocycles. The summed E-state index contributed by atoms with van der Waals surface area (Å²) in [6, 6.07) is 7.79. The number of halogens is 4. The van der Waals surface area contributed by atoms with Gasteiger partial charge in [-0.15, -0.1) is 0 Å². The SMILES string of the molecule is Cc1cccc(CNC2CCC(CNC(=O)c3cc(F)cc(C(F)(F)F)c3)CC2)c1O. The molecule has 0 bridgehead atoms. The number of carbonyl (C=O) groups excluding carboxylic acids is 1. The molecule has 1 saturated carbocycles. The number of aromatic hydroxyl groups is 1. The van der Waals surface area contributed by atoms with Gasteiger partial charge in [-0.25, -0.2) is 4.39 Å². The van der Waals surface area contributed by atoms with E-state index >= 15 is 0 Å². The van der Waals surface area contributed by atoms with Crippen molar-refractivity contribution in [2.45, 2.75) is 51.4 Å². The molecule has 0 heterocycles. The summed E-state index contributed by atoms with van der Waals surface area (Å²) in [7, 11) is 0. The third kappa shape index (κ3) is 6.19. The fourth-order valence-electron chi connectivity index (χ4n) is 3.91. The molecule has 0 saturated heterocycles. The van der Waals surface area contributed by atoms with Gasteiger partial charge in [0.05, 0.1) is 5.56 Å². The van der Waals surface area contributed by atoms with Crippen molar-refractivity contribution in [1.82, 2.24) is 10.6 Å². The van der Waals surface area contributed by atoms with Gasteiger partial charge in [0.1, 0.15) is 11.6 Å². The van der Waals surface area contributed by atoms with Gasteiger partial charge in [0.2, 0.25) is 0 Å². The Morgan fingerprint density at radius 1 is 1.13 bits per heavy atom. The fourth-order valence-corrected chi connectivity index (χ4v) is 3.91. The number of hydrogen-bond donors (Lipinski definition) is 3. The van der Waals surface area contributed by atoms with Crippen LogP contribution in [0.2, 0.25) is 0 Å². The lowest BCUT2D eigenvalue weighted by Gasteiger charge is -2.29. The van der Waals surface area contributed by atoms with Crippen molar-refractivity contribution in [3.05, 3.63) is 64.5 Å². The second-order valence-corrected chi connectivity index (χ2v) is 8.12. The highest BCUT2D eigenvalue weighted by Gasteiger charge is 2.32. The van der Waals surface area contributed by atoms with Crippen molar-refractivity contribution in [3.63, 3.8) is 0 Å². The predicted molar refractivity (Wildman–Crippen MR) is 109 cm³/mol. The minimum absolute atomic E-state index is 0.213. The van der Waals surface area contributed by atoms with Crippen LogP contribution in [0.25, 0.3) is 0 Å². The molecule has 4 nitrogen and oxygen atoms in total. The number of aryl methyl sites for hydroxylation is 1. The average molecular weight is 438 g/mol. The lowest BCUT2D eigenvalue weighted by atomic mass is 9.86. The molecule has 0 unspecified atom stereocenters. The van der Waals surface area contributed by atoms with Crippen molar-refractivity contribution in [2.75, 3.05) is 6.54 Å². The van der Waals surface area contributed by atoms with Crippen LogP contribution in [0.1, 0.15) is 52.7 Å². The summed E-state index contributed by atoms with van der Waals surface area (Å²) >= 11 is 0. The number of nitrogens with one attached hydrogen (secondary N) is 2. The van der Waals surface area contributed by atoms with Crippen molar-refractivity contribution in [2.24, 2.45) is 5.92 Å². The number of rotatable bonds is 6. The third-order valence-electron chi connectivity index (χ3n) is 5.79. The van der Waals surface area contributed by atoms with Gasteiger partial charge < -0.3 is 15.7 Å². The molecule has 8 heteroatoms. The van der Waals surface area contributed by atoms with E-state index in [1.165, 1.54) is 0 Å². The van der Waals surface area contributed by atoms with Crippen molar-refractivity contribution < 1.29 is 27.5 Å². The molecule has 1 aliphatic rings. The second kappa shape index (κ2) is 9.68. The van der Waals surface area contributed by atoms with Crippen LogP contribution in [-0.4, -0.2) is 23.6 Å². The molecule has 3 N–H and O–H groups in total. The maximum Gasteiger partial charge on any atom is 0.416 e.